The summed E-state index contributed by atoms with van der Waals surface area (Å²) in [6.45, 7) is 7.99. The first-order valence-corrected chi connectivity index (χ1v) is 11.0. The van der Waals surface area contributed by atoms with Crippen molar-refractivity contribution in [1.29, 1.82) is 0 Å². The highest BCUT2D eigenvalue weighted by molar-refractivity contribution is 7.92. The Morgan fingerprint density at radius 1 is 1.00 bits per heavy atom. The van der Waals surface area contributed by atoms with E-state index in [0.717, 1.165) is 43.9 Å². The molecule has 1 aliphatic rings. The van der Waals surface area contributed by atoms with E-state index >= 15 is 0 Å². The highest BCUT2D eigenvalue weighted by atomic mass is 32.2. The van der Waals surface area contributed by atoms with Crippen LogP contribution in [0.1, 0.15) is 31.7 Å². The van der Waals surface area contributed by atoms with E-state index in [0.29, 0.717) is 16.5 Å². The highest BCUT2D eigenvalue weighted by Crippen LogP contribution is 2.29. The molecule has 27 heavy (non-hydrogen) atoms. The Hall–Kier alpha value is -2.05. The Morgan fingerprint density at radius 2 is 1.63 bits per heavy atom. The van der Waals surface area contributed by atoms with Crippen molar-refractivity contribution < 1.29 is 8.42 Å². The fourth-order valence-corrected chi connectivity index (χ4v) is 4.37. The van der Waals surface area contributed by atoms with E-state index in [1.54, 1.807) is 12.1 Å². The Morgan fingerprint density at radius 3 is 2.26 bits per heavy atom. The van der Waals surface area contributed by atoms with Gasteiger partial charge in [-0.1, -0.05) is 38.1 Å². The number of anilines is 2. The van der Waals surface area contributed by atoms with Gasteiger partial charge in [-0.05, 0) is 49.2 Å². The van der Waals surface area contributed by atoms with Gasteiger partial charge in [0.1, 0.15) is 0 Å². The quantitative estimate of drug-likeness (QED) is 0.820. The highest BCUT2D eigenvalue weighted by Gasteiger charge is 2.20. The summed E-state index contributed by atoms with van der Waals surface area (Å²) >= 11 is 0. The molecule has 2 aromatic carbocycles. The Balaban J connectivity index is 1.82. The summed E-state index contributed by atoms with van der Waals surface area (Å²) in [7, 11) is -1.52. The lowest BCUT2D eigenvalue weighted by atomic mass is 9.99. The predicted molar refractivity (Wildman–Crippen MR) is 112 cm³/mol. The molecule has 1 saturated heterocycles. The topological polar surface area (TPSA) is 52.7 Å². The first-order valence-electron chi connectivity index (χ1n) is 9.56. The van der Waals surface area contributed by atoms with E-state index in [1.165, 1.54) is 0 Å². The molecule has 0 amide bonds. The average Bonchev–Trinajstić information content (AvgIpc) is 2.68. The minimum absolute atomic E-state index is 0.294. The first kappa shape index (κ1) is 19.7. The second kappa shape index (κ2) is 8.31. The molecule has 0 saturated carbocycles. The number of para-hydroxylation sites is 2. The van der Waals surface area contributed by atoms with Crippen molar-refractivity contribution in [3.05, 3.63) is 54.1 Å². The van der Waals surface area contributed by atoms with E-state index < -0.39 is 10.0 Å². The zero-order valence-corrected chi connectivity index (χ0v) is 17.2. The van der Waals surface area contributed by atoms with Crippen LogP contribution in [0.25, 0.3) is 0 Å². The lowest BCUT2D eigenvalue weighted by Crippen LogP contribution is -2.44. The van der Waals surface area contributed by atoms with Gasteiger partial charge in [0.2, 0.25) is 0 Å². The lowest BCUT2D eigenvalue weighted by molar-refractivity contribution is 0.313. The van der Waals surface area contributed by atoms with Crippen LogP contribution >= 0.6 is 0 Å². The van der Waals surface area contributed by atoms with Crippen molar-refractivity contribution in [2.24, 2.45) is 0 Å². The van der Waals surface area contributed by atoms with Crippen molar-refractivity contribution >= 4 is 21.4 Å². The molecule has 0 aliphatic carbocycles. The molecule has 0 radical (unpaired) electrons. The van der Waals surface area contributed by atoms with Crippen LogP contribution in [-0.4, -0.2) is 46.5 Å². The Bertz CT molecular complexity index is 857. The normalized spacial score (nSPS) is 16.9. The van der Waals surface area contributed by atoms with Crippen LogP contribution in [0.3, 0.4) is 0 Å². The van der Waals surface area contributed by atoms with Crippen LogP contribution in [0.2, 0.25) is 0 Å². The number of hydrogen-bond acceptors (Lipinski definition) is 4. The molecule has 6 heteroatoms. The molecule has 1 heterocycles. The Labute approximate surface area is 163 Å². The minimum atomic E-state index is -3.62. The molecule has 1 fully saturated rings. The van der Waals surface area contributed by atoms with Crippen LogP contribution in [0, 0.1) is 0 Å². The number of rotatable bonds is 6. The second-order valence-corrected chi connectivity index (χ2v) is 8.97. The summed E-state index contributed by atoms with van der Waals surface area (Å²) in [5, 5.41) is 0. The van der Waals surface area contributed by atoms with Crippen LogP contribution < -0.4 is 9.62 Å². The number of nitrogens with one attached hydrogen (secondary N) is 1. The molecular weight excluding hydrogens is 358 g/mol. The molecule has 0 aromatic heterocycles. The third-order valence-corrected chi connectivity index (χ3v) is 6.75. The van der Waals surface area contributed by atoms with Crippen molar-refractivity contribution in [1.82, 2.24) is 4.90 Å². The maximum absolute atomic E-state index is 12.9. The third kappa shape index (κ3) is 4.62. The fraction of sp³-hybridized carbons (Fsp3) is 0.429. The third-order valence-electron chi connectivity index (χ3n) is 5.36. The van der Waals surface area contributed by atoms with E-state index in [2.05, 4.69) is 35.4 Å². The van der Waals surface area contributed by atoms with Crippen LogP contribution in [-0.2, 0) is 10.0 Å². The molecule has 0 bridgehead atoms. The van der Waals surface area contributed by atoms with Gasteiger partial charge < -0.3 is 9.80 Å². The summed E-state index contributed by atoms with van der Waals surface area (Å²) in [5.74, 6) is 0.424. The maximum Gasteiger partial charge on any atom is 0.261 e. The van der Waals surface area contributed by atoms with E-state index in [4.69, 9.17) is 0 Å². The van der Waals surface area contributed by atoms with E-state index in [1.807, 2.05) is 36.4 Å². The molecule has 3 rings (SSSR count). The lowest BCUT2D eigenvalue weighted by Gasteiger charge is -2.35. The van der Waals surface area contributed by atoms with Gasteiger partial charge in [0.15, 0.2) is 0 Å². The monoisotopic (exact) mass is 387 g/mol. The van der Waals surface area contributed by atoms with Gasteiger partial charge in [-0.3, -0.25) is 4.72 Å². The SMILES string of the molecule is CC[C@@H](C)c1ccc(S(=O)(=O)Nc2ccccc2N2CCN(C)CC2)cc1. The van der Waals surface area contributed by atoms with Gasteiger partial charge in [0, 0.05) is 26.2 Å². The molecule has 0 spiro atoms. The van der Waals surface area contributed by atoms with Crippen molar-refractivity contribution in [2.45, 2.75) is 31.1 Å². The van der Waals surface area contributed by atoms with E-state index in [-0.39, 0.29) is 0 Å². The van der Waals surface area contributed by atoms with Gasteiger partial charge in [0.05, 0.1) is 16.3 Å². The Kier molecular flexibility index (Phi) is 6.07. The standard InChI is InChI=1S/C21H29N3O2S/c1-4-17(2)18-9-11-19(12-10-18)27(25,26)22-20-7-5-6-8-21(20)24-15-13-23(3)14-16-24/h5-12,17,22H,4,13-16H2,1-3H3/t17-/m1/s1. The number of hydrogen-bond donors (Lipinski definition) is 1. The summed E-state index contributed by atoms with van der Waals surface area (Å²) in [4.78, 5) is 4.81. The van der Waals surface area contributed by atoms with Crippen LogP contribution in [0.4, 0.5) is 11.4 Å². The number of sulfonamides is 1. The smallest absolute Gasteiger partial charge is 0.261 e. The number of piperazine rings is 1. The first-order chi connectivity index (χ1) is 12.9. The molecular formula is C21H29N3O2S. The van der Waals surface area contributed by atoms with Crippen LogP contribution in [0.15, 0.2) is 53.4 Å². The largest absolute Gasteiger partial charge is 0.367 e. The fourth-order valence-electron chi connectivity index (χ4n) is 3.30. The number of likely N-dealkylation sites (N-methyl/N-ethyl adjacent to an activating group) is 1. The maximum atomic E-state index is 12.9. The van der Waals surface area contributed by atoms with Crippen molar-refractivity contribution in [3.63, 3.8) is 0 Å². The minimum Gasteiger partial charge on any atom is -0.367 e. The molecule has 146 valence electrons. The molecule has 2 aromatic rings. The molecule has 1 atom stereocenters. The van der Waals surface area contributed by atoms with Gasteiger partial charge in [-0.15, -0.1) is 0 Å². The van der Waals surface area contributed by atoms with Crippen molar-refractivity contribution in [3.8, 4) is 0 Å². The number of nitrogens with zero attached hydrogens (tertiary/aromatic N) is 2. The van der Waals surface area contributed by atoms with E-state index in [9.17, 15) is 8.42 Å². The number of benzene rings is 2. The zero-order chi connectivity index (χ0) is 19.4. The van der Waals surface area contributed by atoms with Gasteiger partial charge in [0.25, 0.3) is 10.0 Å². The predicted octanol–water partition coefficient (Wildman–Crippen LogP) is 3.75. The summed E-state index contributed by atoms with van der Waals surface area (Å²) in [5.41, 5.74) is 2.73. The van der Waals surface area contributed by atoms with Gasteiger partial charge in [-0.2, -0.15) is 0 Å². The van der Waals surface area contributed by atoms with Crippen LogP contribution in [0.5, 0.6) is 0 Å². The van der Waals surface area contributed by atoms with Gasteiger partial charge >= 0.3 is 0 Å². The summed E-state index contributed by atoms with van der Waals surface area (Å²) < 4.78 is 28.6. The zero-order valence-electron chi connectivity index (χ0n) is 16.4. The summed E-state index contributed by atoms with van der Waals surface area (Å²) in [6, 6.07) is 14.8. The summed E-state index contributed by atoms with van der Waals surface area (Å²) in [6.07, 6.45) is 1.03. The average molecular weight is 388 g/mol. The second-order valence-electron chi connectivity index (χ2n) is 7.29. The molecule has 1 aliphatic heterocycles. The van der Waals surface area contributed by atoms with Crippen molar-refractivity contribution in [2.75, 3.05) is 42.8 Å². The van der Waals surface area contributed by atoms with Gasteiger partial charge in [-0.25, -0.2) is 8.42 Å². The molecule has 1 N–H and O–H groups in total. The molecule has 5 nitrogen and oxygen atoms in total. The molecule has 0 unspecified atom stereocenters.